The molecule has 0 saturated carbocycles. The van der Waals surface area contributed by atoms with Gasteiger partial charge in [-0.2, -0.15) is 4.31 Å². The topological polar surface area (TPSA) is 63.4 Å². The maximum atomic E-state index is 13.3. The van der Waals surface area contributed by atoms with Gasteiger partial charge < -0.3 is 5.73 Å². The Labute approximate surface area is 113 Å². The fourth-order valence-electron chi connectivity index (χ4n) is 1.64. The molecule has 0 fully saturated rings. The van der Waals surface area contributed by atoms with Crippen LogP contribution in [0.5, 0.6) is 0 Å². The second kappa shape index (κ2) is 6.60. The highest BCUT2D eigenvalue weighted by Gasteiger charge is 2.25. The molecule has 0 saturated heterocycles. The Morgan fingerprint density at radius 3 is 2.32 bits per heavy atom. The van der Waals surface area contributed by atoms with Crippen molar-refractivity contribution in [2.24, 2.45) is 5.73 Å². The molecule has 0 radical (unpaired) electrons. The summed E-state index contributed by atoms with van der Waals surface area (Å²) in [4.78, 5) is -0.112. The first-order valence-corrected chi connectivity index (χ1v) is 7.11. The molecule has 19 heavy (non-hydrogen) atoms. The van der Waals surface area contributed by atoms with E-state index in [1.165, 1.54) is 24.3 Å². The smallest absolute Gasteiger partial charge is 0.244 e. The molecule has 1 aromatic rings. The summed E-state index contributed by atoms with van der Waals surface area (Å²) in [6.45, 7) is 7.28. The van der Waals surface area contributed by atoms with Gasteiger partial charge in [0.25, 0.3) is 0 Å². The van der Waals surface area contributed by atoms with E-state index in [9.17, 15) is 12.8 Å². The van der Waals surface area contributed by atoms with E-state index in [1.54, 1.807) is 0 Å². The van der Waals surface area contributed by atoms with Crippen LogP contribution in [0, 0.1) is 5.82 Å². The molecule has 0 unspecified atom stereocenters. The second-order valence-corrected chi connectivity index (χ2v) is 5.76. The van der Waals surface area contributed by atoms with Crippen LogP contribution in [0.2, 0.25) is 0 Å². The molecule has 0 amide bonds. The van der Waals surface area contributed by atoms with Crippen LogP contribution in [0.1, 0.15) is 5.56 Å². The molecule has 0 aliphatic rings. The predicted octanol–water partition coefficient (Wildman–Crippen LogP) is 1.65. The summed E-state index contributed by atoms with van der Waals surface area (Å²) in [5, 5.41) is 0. The zero-order chi connectivity index (χ0) is 14.5. The lowest BCUT2D eigenvalue weighted by Crippen LogP contribution is -2.32. The lowest BCUT2D eigenvalue weighted by Gasteiger charge is -2.20. The van der Waals surface area contributed by atoms with Gasteiger partial charge in [0.15, 0.2) is 0 Å². The quantitative estimate of drug-likeness (QED) is 0.774. The van der Waals surface area contributed by atoms with E-state index in [0.29, 0.717) is 5.56 Å². The van der Waals surface area contributed by atoms with Crippen LogP contribution in [0.3, 0.4) is 0 Å². The average Bonchev–Trinajstić information content (AvgIpc) is 2.38. The summed E-state index contributed by atoms with van der Waals surface area (Å²) in [5.41, 5.74) is 5.87. The number of rotatable bonds is 7. The normalized spacial score (nSPS) is 11.5. The molecule has 1 rings (SSSR count). The molecule has 0 aliphatic carbocycles. The van der Waals surface area contributed by atoms with E-state index in [1.807, 2.05) is 0 Å². The number of benzene rings is 1. The lowest BCUT2D eigenvalue weighted by molar-refractivity contribution is 0.472. The second-order valence-electron chi connectivity index (χ2n) is 3.86. The number of nitrogens with zero attached hydrogens (tertiary/aromatic N) is 1. The minimum absolute atomic E-state index is 0.0187. The van der Waals surface area contributed by atoms with Crippen LogP contribution in [0.25, 0.3) is 0 Å². The predicted molar refractivity (Wildman–Crippen MR) is 73.4 cm³/mol. The molecule has 104 valence electrons. The third-order valence-corrected chi connectivity index (χ3v) is 4.45. The first-order valence-electron chi connectivity index (χ1n) is 5.67. The molecular weight excluding hydrogens is 267 g/mol. The van der Waals surface area contributed by atoms with E-state index in [2.05, 4.69) is 13.2 Å². The van der Waals surface area contributed by atoms with E-state index in [-0.39, 0.29) is 24.5 Å². The molecular formula is C13H17FN2O2S. The Bertz CT molecular complexity index is 560. The van der Waals surface area contributed by atoms with E-state index in [4.69, 9.17) is 5.73 Å². The van der Waals surface area contributed by atoms with Gasteiger partial charge >= 0.3 is 0 Å². The fraction of sp³-hybridized carbons (Fsp3) is 0.231. The highest BCUT2D eigenvalue weighted by molar-refractivity contribution is 7.89. The SMILES string of the molecule is C=CCN(CC=C)S(=O)(=O)c1cc(F)ccc1CN. The van der Waals surface area contributed by atoms with Crippen molar-refractivity contribution in [3.8, 4) is 0 Å². The van der Waals surface area contributed by atoms with Crippen molar-refractivity contribution in [2.45, 2.75) is 11.4 Å². The van der Waals surface area contributed by atoms with Gasteiger partial charge in [0.05, 0.1) is 4.90 Å². The molecule has 0 spiro atoms. The standard InChI is InChI=1S/C13H17FN2O2S/c1-3-7-16(8-4-2)19(17,18)13-9-12(14)6-5-11(13)10-15/h3-6,9H,1-2,7-8,10,15H2. The van der Waals surface area contributed by atoms with Gasteiger partial charge in [-0.1, -0.05) is 18.2 Å². The highest BCUT2D eigenvalue weighted by atomic mass is 32.2. The monoisotopic (exact) mass is 284 g/mol. The summed E-state index contributed by atoms with van der Waals surface area (Å²) < 4.78 is 39.3. The van der Waals surface area contributed by atoms with Crippen molar-refractivity contribution in [2.75, 3.05) is 13.1 Å². The Morgan fingerprint density at radius 2 is 1.84 bits per heavy atom. The Balaban J connectivity index is 3.34. The summed E-state index contributed by atoms with van der Waals surface area (Å²) in [7, 11) is -3.82. The van der Waals surface area contributed by atoms with Crippen LogP contribution in [-0.4, -0.2) is 25.8 Å². The molecule has 6 heteroatoms. The highest BCUT2D eigenvalue weighted by Crippen LogP contribution is 2.21. The first-order chi connectivity index (χ1) is 8.97. The van der Waals surface area contributed by atoms with Gasteiger partial charge in [-0.15, -0.1) is 13.2 Å². The lowest BCUT2D eigenvalue weighted by atomic mass is 10.2. The van der Waals surface area contributed by atoms with Gasteiger partial charge in [0, 0.05) is 19.6 Å². The van der Waals surface area contributed by atoms with Crippen molar-refractivity contribution in [1.29, 1.82) is 0 Å². The summed E-state index contributed by atoms with van der Waals surface area (Å²) >= 11 is 0. The van der Waals surface area contributed by atoms with Crippen molar-refractivity contribution in [1.82, 2.24) is 4.31 Å². The van der Waals surface area contributed by atoms with E-state index in [0.717, 1.165) is 10.4 Å². The molecule has 2 N–H and O–H groups in total. The first kappa shape index (κ1) is 15.6. The fourth-order valence-corrected chi connectivity index (χ4v) is 3.26. The number of nitrogens with two attached hydrogens (primary N) is 1. The van der Waals surface area contributed by atoms with Gasteiger partial charge in [-0.05, 0) is 17.7 Å². The zero-order valence-corrected chi connectivity index (χ0v) is 11.4. The summed E-state index contributed by atoms with van der Waals surface area (Å²) in [6, 6.07) is 3.55. The minimum Gasteiger partial charge on any atom is -0.326 e. The van der Waals surface area contributed by atoms with Gasteiger partial charge in [-0.25, -0.2) is 12.8 Å². The van der Waals surface area contributed by atoms with Crippen molar-refractivity contribution >= 4 is 10.0 Å². The summed E-state index contributed by atoms with van der Waals surface area (Å²) in [6.07, 6.45) is 2.92. The molecule has 4 nitrogen and oxygen atoms in total. The number of sulfonamides is 1. The molecule has 0 heterocycles. The molecule has 0 bridgehead atoms. The number of hydrogen-bond donors (Lipinski definition) is 1. The maximum Gasteiger partial charge on any atom is 0.244 e. The van der Waals surface area contributed by atoms with Crippen LogP contribution in [0.15, 0.2) is 48.4 Å². The van der Waals surface area contributed by atoms with Crippen molar-refractivity contribution < 1.29 is 12.8 Å². The number of halogens is 1. The van der Waals surface area contributed by atoms with Crippen LogP contribution >= 0.6 is 0 Å². The molecule has 0 aromatic heterocycles. The van der Waals surface area contributed by atoms with E-state index >= 15 is 0 Å². The molecule has 0 aliphatic heterocycles. The van der Waals surface area contributed by atoms with Crippen molar-refractivity contribution in [3.63, 3.8) is 0 Å². The van der Waals surface area contributed by atoms with Crippen LogP contribution < -0.4 is 5.73 Å². The third kappa shape index (κ3) is 3.50. The van der Waals surface area contributed by atoms with Gasteiger partial charge in [0.1, 0.15) is 5.82 Å². The zero-order valence-electron chi connectivity index (χ0n) is 10.5. The average molecular weight is 284 g/mol. The van der Waals surface area contributed by atoms with Gasteiger partial charge in [-0.3, -0.25) is 0 Å². The van der Waals surface area contributed by atoms with Crippen molar-refractivity contribution in [3.05, 3.63) is 54.9 Å². The maximum absolute atomic E-state index is 13.3. The Kier molecular flexibility index (Phi) is 5.41. The van der Waals surface area contributed by atoms with E-state index < -0.39 is 15.8 Å². The molecule has 0 atom stereocenters. The Morgan fingerprint density at radius 1 is 1.26 bits per heavy atom. The summed E-state index contributed by atoms with van der Waals surface area (Å²) in [5.74, 6) is -0.618. The van der Waals surface area contributed by atoms with Crippen LogP contribution in [-0.2, 0) is 16.6 Å². The number of hydrogen-bond acceptors (Lipinski definition) is 3. The van der Waals surface area contributed by atoms with Crippen LogP contribution in [0.4, 0.5) is 4.39 Å². The molecule has 1 aromatic carbocycles. The van der Waals surface area contributed by atoms with Gasteiger partial charge in [0.2, 0.25) is 10.0 Å². The largest absolute Gasteiger partial charge is 0.326 e. The Hall–Kier alpha value is -1.50. The third-order valence-electron chi connectivity index (χ3n) is 2.53. The minimum atomic E-state index is -3.82.